The molecule has 106 valence electrons. The smallest absolute Gasteiger partial charge is 0.100 e. The van der Waals surface area contributed by atoms with E-state index in [1.54, 1.807) is 0 Å². The van der Waals surface area contributed by atoms with Crippen molar-refractivity contribution in [2.75, 3.05) is 11.9 Å². The number of nitrogens with zero attached hydrogens (tertiary/aromatic N) is 1. The molecule has 1 N–H and O–H groups in total. The lowest BCUT2D eigenvalue weighted by molar-refractivity contribution is 0.638. The molecule has 0 spiro atoms. The summed E-state index contributed by atoms with van der Waals surface area (Å²) in [5.41, 5.74) is 0.941. The molecule has 0 fully saturated rings. The summed E-state index contributed by atoms with van der Waals surface area (Å²) in [4.78, 5) is 4.62. The van der Waals surface area contributed by atoms with E-state index in [4.69, 9.17) is 11.6 Å². The van der Waals surface area contributed by atoms with Gasteiger partial charge in [0, 0.05) is 13.0 Å². The van der Waals surface area contributed by atoms with Gasteiger partial charge in [-0.3, -0.25) is 4.99 Å². The Morgan fingerprint density at radius 2 is 1.84 bits per heavy atom. The number of nitrogens with one attached hydrogen (secondary N) is 1. The standard InChI is InChI=1S/C16H25ClN2/c1-3-5-6-7-10-13-18-16(4-2)19-15-12-9-8-11-14(15)17/h8-9,11-12H,3-7,10,13H2,1-2H3,(H,18,19). The highest BCUT2D eigenvalue weighted by atomic mass is 35.5. The molecule has 0 atom stereocenters. The van der Waals surface area contributed by atoms with Gasteiger partial charge in [-0.25, -0.2) is 0 Å². The van der Waals surface area contributed by atoms with E-state index < -0.39 is 0 Å². The van der Waals surface area contributed by atoms with E-state index in [2.05, 4.69) is 24.2 Å². The van der Waals surface area contributed by atoms with E-state index in [-0.39, 0.29) is 0 Å². The molecule has 19 heavy (non-hydrogen) atoms. The van der Waals surface area contributed by atoms with Crippen LogP contribution in [0.15, 0.2) is 29.3 Å². The summed E-state index contributed by atoms with van der Waals surface area (Å²) >= 11 is 6.13. The van der Waals surface area contributed by atoms with Gasteiger partial charge in [-0.05, 0) is 18.6 Å². The lowest BCUT2D eigenvalue weighted by Crippen LogP contribution is -2.11. The Morgan fingerprint density at radius 3 is 2.53 bits per heavy atom. The van der Waals surface area contributed by atoms with Crippen molar-refractivity contribution < 1.29 is 0 Å². The summed E-state index contributed by atoms with van der Waals surface area (Å²) in [5, 5.41) is 4.06. The second-order valence-electron chi connectivity index (χ2n) is 4.70. The first-order valence-electron chi connectivity index (χ1n) is 7.32. The minimum absolute atomic E-state index is 0.742. The summed E-state index contributed by atoms with van der Waals surface area (Å²) in [6, 6.07) is 7.78. The lowest BCUT2D eigenvalue weighted by Gasteiger charge is -2.09. The molecule has 0 aliphatic carbocycles. The van der Waals surface area contributed by atoms with Gasteiger partial charge in [-0.1, -0.05) is 63.3 Å². The molecule has 1 aromatic rings. The van der Waals surface area contributed by atoms with Crippen molar-refractivity contribution in [1.29, 1.82) is 0 Å². The predicted molar refractivity (Wildman–Crippen MR) is 86.4 cm³/mol. The number of hydrogen-bond donors (Lipinski definition) is 1. The van der Waals surface area contributed by atoms with Crippen molar-refractivity contribution in [3.05, 3.63) is 29.3 Å². The maximum atomic E-state index is 6.13. The molecule has 0 aliphatic heterocycles. The lowest BCUT2D eigenvalue weighted by atomic mass is 10.1. The van der Waals surface area contributed by atoms with E-state index in [0.717, 1.165) is 29.5 Å². The van der Waals surface area contributed by atoms with Gasteiger partial charge in [-0.15, -0.1) is 0 Å². The first-order valence-corrected chi connectivity index (χ1v) is 7.70. The molecular formula is C16H25ClN2. The molecule has 1 rings (SSSR count). The third-order valence-electron chi connectivity index (χ3n) is 3.05. The van der Waals surface area contributed by atoms with E-state index >= 15 is 0 Å². The van der Waals surface area contributed by atoms with Crippen LogP contribution < -0.4 is 5.32 Å². The molecule has 0 aromatic heterocycles. The van der Waals surface area contributed by atoms with Crippen molar-refractivity contribution >= 4 is 23.1 Å². The average Bonchev–Trinajstić information content (AvgIpc) is 2.43. The van der Waals surface area contributed by atoms with E-state index in [9.17, 15) is 0 Å². The Morgan fingerprint density at radius 1 is 1.11 bits per heavy atom. The minimum Gasteiger partial charge on any atom is -0.343 e. The Kier molecular flexibility index (Phi) is 8.31. The number of benzene rings is 1. The molecule has 0 saturated heterocycles. The number of hydrogen-bond acceptors (Lipinski definition) is 1. The number of halogens is 1. The summed E-state index contributed by atoms with van der Waals surface area (Å²) in [6.07, 6.45) is 7.31. The van der Waals surface area contributed by atoms with Crippen LogP contribution in [0.5, 0.6) is 0 Å². The summed E-state index contributed by atoms with van der Waals surface area (Å²) in [7, 11) is 0. The Hall–Kier alpha value is -1.02. The zero-order valence-corrected chi connectivity index (χ0v) is 12.8. The Balaban J connectivity index is 2.38. The summed E-state index contributed by atoms with van der Waals surface area (Å²) in [6.45, 7) is 5.25. The fourth-order valence-electron chi connectivity index (χ4n) is 1.89. The molecule has 0 aliphatic rings. The van der Waals surface area contributed by atoms with Gasteiger partial charge >= 0.3 is 0 Å². The van der Waals surface area contributed by atoms with Gasteiger partial charge in [-0.2, -0.15) is 0 Å². The molecule has 0 radical (unpaired) electrons. The number of anilines is 1. The van der Waals surface area contributed by atoms with Crippen molar-refractivity contribution in [2.24, 2.45) is 4.99 Å². The van der Waals surface area contributed by atoms with Crippen LogP contribution in [-0.2, 0) is 0 Å². The average molecular weight is 281 g/mol. The van der Waals surface area contributed by atoms with Gasteiger partial charge in [0.2, 0.25) is 0 Å². The predicted octanol–water partition coefficient (Wildman–Crippen LogP) is 5.53. The number of aliphatic imine (C=N–C) groups is 1. The largest absolute Gasteiger partial charge is 0.343 e. The molecule has 0 bridgehead atoms. The van der Waals surface area contributed by atoms with Gasteiger partial charge in [0.05, 0.1) is 10.7 Å². The van der Waals surface area contributed by atoms with Crippen LogP contribution in [0.2, 0.25) is 5.02 Å². The SMILES string of the molecule is CCCCCCCN=C(CC)Nc1ccccc1Cl. The van der Waals surface area contributed by atoms with Crippen molar-refractivity contribution in [1.82, 2.24) is 0 Å². The number of amidine groups is 1. The van der Waals surface area contributed by atoms with Crippen LogP contribution in [0, 0.1) is 0 Å². The molecule has 1 aromatic carbocycles. The summed E-state index contributed by atoms with van der Waals surface area (Å²) < 4.78 is 0. The fraction of sp³-hybridized carbons (Fsp3) is 0.562. The van der Waals surface area contributed by atoms with Crippen molar-refractivity contribution in [3.8, 4) is 0 Å². The van der Waals surface area contributed by atoms with Crippen LogP contribution in [-0.4, -0.2) is 12.4 Å². The van der Waals surface area contributed by atoms with Crippen LogP contribution in [0.4, 0.5) is 5.69 Å². The van der Waals surface area contributed by atoms with Gasteiger partial charge in [0.15, 0.2) is 0 Å². The van der Waals surface area contributed by atoms with Crippen LogP contribution >= 0.6 is 11.6 Å². The third-order valence-corrected chi connectivity index (χ3v) is 3.38. The molecule has 0 amide bonds. The highest BCUT2D eigenvalue weighted by Crippen LogP contribution is 2.20. The topological polar surface area (TPSA) is 24.4 Å². The molecule has 0 saturated carbocycles. The highest BCUT2D eigenvalue weighted by Gasteiger charge is 2.01. The van der Waals surface area contributed by atoms with Gasteiger partial charge in [0.1, 0.15) is 5.84 Å². The van der Waals surface area contributed by atoms with E-state index in [1.807, 2.05) is 24.3 Å². The van der Waals surface area contributed by atoms with Crippen molar-refractivity contribution in [2.45, 2.75) is 52.4 Å². The zero-order valence-electron chi connectivity index (χ0n) is 12.1. The monoisotopic (exact) mass is 280 g/mol. The number of unbranched alkanes of at least 4 members (excludes halogenated alkanes) is 4. The first kappa shape index (κ1) is 16.0. The maximum Gasteiger partial charge on any atom is 0.100 e. The molecule has 0 heterocycles. The van der Waals surface area contributed by atoms with Crippen LogP contribution in [0.25, 0.3) is 0 Å². The third kappa shape index (κ3) is 6.63. The normalized spacial score (nSPS) is 11.6. The minimum atomic E-state index is 0.742. The van der Waals surface area contributed by atoms with E-state index in [0.29, 0.717) is 0 Å². The first-order chi connectivity index (χ1) is 9.27. The Labute approximate surface area is 122 Å². The molecular weight excluding hydrogens is 256 g/mol. The quantitative estimate of drug-likeness (QED) is 0.378. The molecule has 2 nitrogen and oxygen atoms in total. The number of rotatable bonds is 8. The van der Waals surface area contributed by atoms with Crippen LogP contribution in [0.1, 0.15) is 52.4 Å². The van der Waals surface area contributed by atoms with Crippen molar-refractivity contribution in [3.63, 3.8) is 0 Å². The van der Waals surface area contributed by atoms with E-state index in [1.165, 1.54) is 32.1 Å². The van der Waals surface area contributed by atoms with Crippen LogP contribution in [0.3, 0.4) is 0 Å². The Bertz CT molecular complexity index is 388. The molecule has 0 unspecified atom stereocenters. The highest BCUT2D eigenvalue weighted by molar-refractivity contribution is 6.33. The maximum absolute atomic E-state index is 6.13. The molecule has 3 heteroatoms. The second-order valence-corrected chi connectivity index (χ2v) is 5.11. The van der Waals surface area contributed by atoms with Gasteiger partial charge in [0.25, 0.3) is 0 Å². The number of para-hydroxylation sites is 1. The second kappa shape index (κ2) is 9.85. The van der Waals surface area contributed by atoms with Gasteiger partial charge < -0.3 is 5.32 Å². The zero-order chi connectivity index (χ0) is 13.9. The fourth-order valence-corrected chi connectivity index (χ4v) is 2.07. The summed E-state index contributed by atoms with van der Waals surface area (Å²) in [5.74, 6) is 1.02.